The number of benzene rings is 2. The van der Waals surface area contributed by atoms with Crippen molar-refractivity contribution in [3.05, 3.63) is 76.7 Å². The molecule has 2 amide bonds. The molecule has 1 aromatic heterocycles. The summed E-state index contributed by atoms with van der Waals surface area (Å²) in [6.45, 7) is 3.17. The minimum Gasteiger partial charge on any atom is -0.493 e. The van der Waals surface area contributed by atoms with Crippen LogP contribution in [0, 0.1) is 12.8 Å². The summed E-state index contributed by atoms with van der Waals surface area (Å²) in [4.78, 5) is 40.3. The zero-order chi connectivity index (χ0) is 24.1. The highest BCUT2D eigenvalue weighted by Crippen LogP contribution is 2.21. The summed E-state index contributed by atoms with van der Waals surface area (Å²) in [5.74, 6) is 0.354. The lowest BCUT2D eigenvalue weighted by Crippen LogP contribution is -2.42. The van der Waals surface area contributed by atoms with Gasteiger partial charge in [0.1, 0.15) is 11.4 Å². The Morgan fingerprint density at radius 2 is 1.62 bits per heavy atom. The molecule has 0 bridgehead atoms. The fourth-order valence-corrected chi connectivity index (χ4v) is 4.26. The van der Waals surface area contributed by atoms with Gasteiger partial charge in [0.25, 0.3) is 5.56 Å². The Kier molecular flexibility index (Phi) is 7.15. The van der Waals surface area contributed by atoms with Crippen molar-refractivity contribution >= 4 is 17.5 Å². The lowest BCUT2D eigenvalue weighted by atomic mass is 9.95. The number of nitrogens with one attached hydrogen (secondary N) is 1. The number of nitrogens with zero attached hydrogens (tertiary/aromatic N) is 3. The molecule has 8 nitrogen and oxygen atoms in total. The zero-order valence-corrected chi connectivity index (χ0v) is 19.6. The number of piperidine rings is 1. The average Bonchev–Trinajstić information content (AvgIpc) is 3.08. The number of rotatable bonds is 7. The third-order valence-corrected chi connectivity index (χ3v) is 6.35. The monoisotopic (exact) mass is 462 g/mol. The van der Waals surface area contributed by atoms with Crippen LogP contribution in [-0.4, -0.2) is 45.8 Å². The molecule has 1 saturated heterocycles. The quantitative estimate of drug-likeness (QED) is 0.585. The number of anilines is 1. The summed E-state index contributed by atoms with van der Waals surface area (Å²) in [7, 11) is 1.80. The Labute approximate surface area is 198 Å². The van der Waals surface area contributed by atoms with Gasteiger partial charge in [-0.05, 0) is 44.0 Å². The predicted octanol–water partition coefficient (Wildman–Crippen LogP) is 3.13. The van der Waals surface area contributed by atoms with E-state index in [-0.39, 0.29) is 23.3 Å². The largest absolute Gasteiger partial charge is 0.493 e. The van der Waals surface area contributed by atoms with E-state index in [1.807, 2.05) is 67.6 Å². The molecule has 1 aliphatic heterocycles. The number of carbonyl (C=O) groups excluding carboxylic acids is 2. The van der Waals surface area contributed by atoms with Gasteiger partial charge in [0.05, 0.1) is 24.4 Å². The van der Waals surface area contributed by atoms with Crippen molar-refractivity contribution in [3.63, 3.8) is 0 Å². The van der Waals surface area contributed by atoms with E-state index < -0.39 is 0 Å². The number of para-hydroxylation sites is 2. The van der Waals surface area contributed by atoms with Crippen LogP contribution in [-0.2, 0) is 16.6 Å². The lowest BCUT2D eigenvalue weighted by molar-refractivity contribution is -0.135. The van der Waals surface area contributed by atoms with Gasteiger partial charge in [-0.25, -0.2) is 4.68 Å². The summed E-state index contributed by atoms with van der Waals surface area (Å²) in [5.41, 5.74) is 1.47. The fourth-order valence-electron chi connectivity index (χ4n) is 4.26. The van der Waals surface area contributed by atoms with Gasteiger partial charge >= 0.3 is 0 Å². The molecule has 8 heteroatoms. The number of amides is 2. The van der Waals surface area contributed by atoms with Gasteiger partial charge < -0.3 is 15.0 Å². The molecule has 0 spiro atoms. The number of hydrogen-bond donors (Lipinski definition) is 1. The van der Waals surface area contributed by atoms with Crippen LogP contribution >= 0.6 is 0 Å². The molecule has 0 aliphatic carbocycles. The van der Waals surface area contributed by atoms with E-state index in [1.165, 1.54) is 0 Å². The van der Waals surface area contributed by atoms with E-state index in [2.05, 4.69) is 5.32 Å². The van der Waals surface area contributed by atoms with Crippen molar-refractivity contribution in [1.29, 1.82) is 0 Å². The van der Waals surface area contributed by atoms with E-state index in [4.69, 9.17) is 4.74 Å². The Hall–Kier alpha value is -3.81. The van der Waals surface area contributed by atoms with Crippen molar-refractivity contribution in [3.8, 4) is 11.4 Å². The lowest BCUT2D eigenvalue weighted by Gasteiger charge is -2.31. The van der Waals surface area contributed by atoms with Crippen molar-refractivity contribution in [2.45, 2.75) is 26.2 Å². The highest BCUT2D eigenvalue weighted by atomic mass is 16.5. The number of ether oxygens (including phenoxy) is 1. The molecule has 0 unspecified atom stereocenters. The summed E-state index contributed by atoms with van der Waals surface area (Å²) in [6, 6.07) is 18.7. The van der Waals surface area contributed by atoms with Crippen molar-refractivity contribution in [2.75, 3.05) is 25.0 Å². The second-order valence-corrected chi connectivity index (χ2v) is 8.49. The maximum atomic E-state index is 13.0. The molecule has 3 aromatic rings. The zero-order valence-electron chi connectivity index (χ0n) is 19.6. The Morgan fingerprint density at radius 1 is 1.00 bits per heavy atom. The van der Waals surface area contributed by atoms with Crippen LogP contribution in [0.4, 0.5) is 5.69 Å². The number of carbonyl (C=O) groups is 2. The first-order valence-corrected chi connectivity index (χ1v) is 11.6. The average molecular weight is 463 g/mol. The summed E-state index contributed by atoms with van der Waals surface area (Å²) >= 11 is 0. The highest BCUT2D eigenvalue weighted by molar-refractivity contribution is 5.93. The minimum absolute atomic E-state index is 0.0273. The number of hydrogen-bond acceptors (Lipinski definition) is 4. The molecule has 1 aliphatic rings. The van der Waals surface area contributed by atoms with Crippen LogP contribution in [0.3, 0.4) is 0 Å². The maximum Gasteiger partial charge on any atom is 0.295 e. The molecular weight excluding hydrogens is 432 g/mol. The predicted molar refractivity (Wildman–Crippen MR) is 130 cm³/mol. The molecule has 178 valence electrons. The van der Waals surface area contributed by atoms with Crippen molar-refractivity contribution in [2.24, 2.45) is 13.0 Å². The molecule has 2 heterocycles. The van der Waals surface area contributed by atoms with Gasteiger partial charge in [-0.3, -0.25) is 19.1 Å². The van der Waals surface area contributed by atoms with Gasteiger partial charge in [0, 0.05) is 26.1 Å². The standard InChI is InChI=1S/C26H30N4O4/c1-19-24(26(33)30(28(19)2)21-9-5-3-6-10-21)27-25(32)20-13-16-29(17-14-20)23(31)15-18-34-22-11-7-4-8-12-22/h3-12,20H,13-18H2,1-2H3,(H,27,32). The summed E-state index contributed by atoms with van der Waals surface area (Å²) in [5, 5.41) is 2.86. The van der Waals surface area contributed by atoms with Crippen molar-refractivity contribution < 1.29 is 14.3 Å². The van der Waals surface area contributed by atoms with Crippen LogP contribution < -0.4 is 15.6 Å². The second kappa shape index (κ2) is 10.4. The van der Waals surface area contributed by atoms with E-state index in [9.17, 15) is 14.4 Å². The van der Waals surface area contributed by atoms with Crippen LogP contribution in [0.2, 0.25) is 0 Å². The number of aromatic nitrogens is 2. The molecule has 4 rings (SSSR count). The van der Waals surface area contributed by atoms with E-state index >= 15 is 0 Å². The Balaban J connectivity index is 1.31. The minimum atomic E-state index is -0.259. The third-order valence-electron chi connectivity index (χ3n) is 6.35. The topological polar surface area (TPSA) is 85.6 Å². The van der Waals surface area contributed by atoms with Crippen molar-refractivity contribution in [1.82, 2.24) is 14.3 Å². The first-order chi connectivity index (χ1) is 16.5. The molecule has 1 N–H and O–H groups in total. The Morgan fingerprint density at radius 3 is 2.26 bits per heavy atom. The summed E-state index contributed by atoms with van der Waals surface area (Å²) < 4.78 is 8.90. The second-order valence-electron chi connectivity index (χ2n) is 8.49. The molecule has 0 radical (unpaired) electrons. The van der Waals surface area contributed by atoms with Gasteiger partial charge in [-0.2, -0.15) is 0 Å². The number of likely N-dealkylation sites (tertiary alicyclic amines) is 1. The van der Waals surface area contributed by atoms with Gasteiger partial charge in [-0.15, -0.1) is 0 Å². The smallest absolute Gasteiger partial charge is 0.295 e. The van der Waals surface area contributed by atoms with Gasteiger partial charge in [0.2, 0.25) is 11.8 Å². The first-order valence-electron chi connectivity index (χ1n) is 11.6. The SMILES string of the molecule is Cc1c(NC(=O)C2CCN(C(=O)CCOc3ccccc3)CC2)c(=O)n(-c2ccccc2)n1C. The molecule has 2 aromatic carbocycles. The molecule has 0 saturated carbocycles. The van der Waals surface area contributed by atoms with Crippen LogP contribution in [0.25, 0.3) is 5.69 Å². The molecule has 1 fully saturated rings. The van der Waals surface area contributed by atoms with Gasteiger partial charge in [0.15, 0.2) is 0 Å². The normalized spacial score (nSPS) is 14.1. The van der Waals surface area contributed by atoms with E-state index in [0.29, 0.717) is 50.3 Å². The Bertz CT molecular complexity index is 1190. The maximum absolute atomic E-state index is 13.0. The molecular formula is C26H30N4O4. The van der Waals surface area contributed by atoms with Crippen LogP contribution in [0.5, 0.6) is 5.75 Å². The van der Waals surface area contributed by atoms with Gasteiger partial charge in [-0.1, -0.05) is 36.4 Å². The first kappa shape index (κ1) is 23.4. The van der Waals surface area contributed by atoms with Crippen LogP contribution in [0.15, 0.2) is 65.5 Å². The van der Waals surface area contributed by atoms with E-state index in [1.54, 1.807) is 21.3 Å². The molecule has 34 heavy (non-hydrogen) atoms. The van der Waals surface area contributed by atoms with Crippen LogP contribution in [0.1, 0.15) is 25.0 Å². The van der Waals surface area contributed by atoms with E-state index in [0.717, 1.165) is 11.4 Å². The fraction of sp³-hybridized carbons (Fsp3) is 0.346. The third kappa shape index (κ3) is 5.06. The summed E-state index contributed by atoms with van der Waals surface area (Å²) in [6.07, 6.45) is 1.43. The highest BCUT2D eigenvalue weighted by Gasteiger charge is 2.29. The molecule has 0 atom stereocenters.